The molecule has 0 saturated carbocycles. The first kappa shape index (κ1) is 19.9. The highest BCUT2D eigenvalue weighted by molar-refractivity contribution is 7.16. The Hall–Kier alpha value is -2.43. The minimum Gasteiger partial charge on any atom is -0.354 e. The van der Waals surface area contributed by atoms with Gasteiger partial charge in [0.25, 0.3) is 0 Å². The monoisotopic (exact) mass is 409 g/mol. The van der Waals surface area contributed by atoms with Gasteiger partial charge in [0.15, 0.2) is 0 Å². The topological polar surface area (TPSA) is 72.3 Å². The number of aryl methyl sites for hydroxylation is 1. The Morgan fingerprint density at radius 1 is 1.21 bits per heavy atom. The molecule has 7 heteroatoms. The number of hydrogen-bond acceptors (Lipinski definition) is 6. The Bertz CT molecular complexity index is 896. The fourth-order valence-electron chi connectivity index (χ4n) is 4.21. The molecule has 1 atom stereocenters. The van der Waals surface area contributed by atoms with Gasteiger partial charge < -0.3 is 10.2 Å². The number of carbonyl (C=O) groups excluding carboxylic acids is 1. The number of nitriles is 1. The second-order valence-corrected chi connectivity index (χ2v) is 8.86. The lowest BCUT2D eigenvalue weighted by Crippen LogP contribution is -2.53. The van der Waals surface area contributed by atoms with Crippen LogP contribution in [-0.2, 0) is 17.6 Å². The van der Waals surface area contributed by atoms with E-state index >= 15 is 0 Å². The van der Waals surface area contributed by atoms with Crippen LogP contribution < -0.4 is 10.2 Å². The van der Waals surface area contributed by atoms with Gasteiger partial charge in [0, 0.05) is 37.3 Å². The van der Waals surface area contributed by atoms with Crippen LogP contribution >= 0.6 is 11.3 Å². The summed E-state index contributed by atoms with van der Waals surface area (Å²) in [6.45, 7) is 5.29. The number of nitrogens with one attached hydrogen (secondary N) is 1. The van der Waals surface area contributed by atoms with Crippen molar-refractivity contribution in [2.75, 3.05) is 36.4 Å². The van der Waals surface area contributed by atoms with E-state index in [1.54, 1.807) is 11.3 Å². The molecule has 1 aliphatic carbocycles. The molecule has 0 unspecified atom stereocenters. The summed E-state index contributed by atoms with van der Waals surface area (Å²) in [5.74, 6) is 0.965. The fourth-order valence-corrected chi connectivity index (χ4v) is 5.45. The van der Waals surface area contributed by atoms with Crippen molar-refractivity contribution in [2.24, 2.45) is 0 Å². The number of pyridine rings is 1. The fraction of sp³-hybridized carbons (Fsp3) is 0.500. The third-order valence-corrected chi connectivity index (χ3v) is 7.19. The van der Waals surface area contributed by atoms with Gasteiger partial charge in [0.1, 0.15) is 16.9 Å². The number of nitrogens with zero attached hydrogens (tertiary/aromatic N) is 4. The van der Waals surface area contributed by atoms with Gasteiger partial charge in [0.05, 0.1) is 11.6 Å². The molecule has 1 aliphatic heterocycles. The molecule has 2 aromatic heterocycles. The predicted octanol–water partition coefficient (Wildman–Crippen LogP) is 3.43. The van der Waals surface area contributed by atoms with Crippen LogP contribution in [0.15, 0.2) is 24.4 Å². The van der Waals surface area contributed by atoms with Crippen LogP contribution in [0.5, 0.6) is 0 Å². The average molecular weight is 410 g/mol. The first-order valence-electron chi connectivity index (χ1n) is 10.4. The third-order valence-electron chi connectivity index (χ3n) is 5.98. The van der Waals surface area contributed by atoms with Crippen molar-refractivity contribution in [3.05, 3.63) is 40.4 Å². The summed E-state index contributed by atoms with van der Waals surface area (Å²) in [5.41, 5.74) is 1.86. The molecule has 3 heterocycles. The molecule has 0 bridgehead atoms. The summed E-state index contributed by atoms with van der Waals surface area (Å²) in [7, 11) is 0. The van der Waals surface area contributed by atoms with Crippen molar-refractivity contribution in [2.45, 2.75) is 45.1 Å². The van der Waals surface area contributed by atoms with Crippen molar-refractivity contribution in [3.63, 3.8) is 0 Å². The molecule has 29 heavy (non-hydrogen) atoms. The summed E-state index contributed by atoms with van der Waals surface area (Å²) in [6.07, 6.45) is 7.30. The summed E-state index contributed by atoms with van der Waals surface area (Å²) < 4.78 is 0. The summed E-state index contributed by atoms with van der Waals surface area (Å²) in [4.78, 5) is 23.1. The van der Waals surface area contributed by atoms with Crippen molar-refractivity contribution in [3.8, 4) is 6.07 Å². The lowest BCUT2D eigenvalue weighted by Gasteiger charge is -2.37. The maximum absolute atomic E-state index is 12.9. The number of aromatic nitrogens is 1. The number of piperazine rings is 1. The van der Waals surface area contributed by atoms with Gasteiger partial charge in [-0.2, -0.15) is 5.26 Å². The van der Waals surface area contributed by atoms with E-state index in [4.69, 9.17) is 0 Å². The van der Waals surface area contributed by atoms with E-state index in [-0.39, 0.29) is 11.9 Å². The Kier molecular flexibility index (Phi) is 6.12. The molecule has 6 nitrogen and oxygen atoms in total. The smallest absolute Gasteiger partial charge is 0.242 e. The standard InChI is InChI=1S/C22H27N5OS/c1-16(26-11-13-27(14-12-26)20-9-5-6-10-24-20)21(28)25-22-18(15-23)17-7-3-2-4-8-19(17)29-22/h5-6,9-10,16H,2-4,7-8,11-14H2,1H3,(H,25,28)/t16-/m1/s1. The minimum atomic E-state index is -0.227. The summed E-state index contributed by atoms with van der Waals surface area (Å²) in [6, 6.07) is 8.07. The second-order valence-electron chi connectivity index (χ2n) is 7.76. The van der Waals surface area contributed by atoms with Gasteiger partial charge >= 0.3 is 0 Å². The maximum atomic E-state index is 12.9. The molecule has 4 rings (SSSR count). The third kappa shape index (κ3) is 4.29. The Labute approximate surface area is 176 Å². The number of anilines is 2. The number of hydrogen-bond donors (Lipinski definition) is 1. The van der Waals surface area contributed by atoms with Crippen LogP contribution in [0, 0.1) is 11.3 Å². The molecule has 1 saturated heterocycles. The maximum Gasteiger partial charge on any atom is 0.242 e. The minimum absolute atomic E-state index is 0.0239. The van der Waals surface area contributed by atoms with Crippen LogP contribution in [0.3, 0.4) is 0 Å². The second kappa shape index (κ2) is 8.93. The zero-order valence-electron chi connectivity index (χ0n) is 16.9. The molecular weight excluding hydrogens is 382 g/mol. The van der Waals surface area contributed by atoms with E-state index in [0.717, 1.165) is 56.3 Å². The van der Waals surface area contributed by atoms with Crippen LogP contribution in [0.4, 0.5) is 10.8 Å². The van der Waals surface area contributed by atoms with Crippen LogP contribution in [0.25, 0.3) is 0 Å². The molecule has 0 aromatic carbocycles. The first-order valence-corrected chi connectivity index (χ1v) is 11.2. The number of amides is 1. The van der Waals surface area contributed by atoms with E-state index in [9.17, 15) is 10.1 Å². The van der Waals surface area contributed by atoms with E-state index in [1.807, 2.05) is 31.3 Å². The number of carbonyl (C=O) groups is 1. The van der Waals surface area contributed by atoms with Crippen LogP contribution in [0.2, 0.25) is 0 Å². The molecule has 2 aromatic rings. The Morgan fingerprint density at radius 2 is 2.00 bits per heavy atom. The largest absolute Gasteiger partial charge is 0.354 e. The molecule has 0 spiro atoms. The molecule has 0 radical (unpaired) electrons. The number of fused-ring (bicyclic) bond motifs is 1. The van der Waals surface area contributed by atoms with Crippen molar-refractivity contribution in [1.29, 1.82) is 5.26 Å². The highest BCUT2D eigenvalue weighted by atomic mass is 32.1. The Balaban J connectivity index is 1.39. The van der Waals surface area contributed by atoms with Gasteiger partial charge in [-0.3, -0.25) is 9.69 Å². The summed E-state index contributed by atoms with van der Waals surface area (Å²) >= 11 is 1.60. The predicted molar refractivity (Wildman–Crippen MR) is 116 cm³/mol. The van der Waals surface area contributed by atoms with Gasteiger partial charge in [0.2, 0.25) is 5.91 Å². The zero-order valence-corrected chi connectivity index (χ0v) is 17.7. The van der Waals surface area contributed by atoms with E-state index in [1.165, 1.54) is 23.3 Å². The van der Waals surface area contributed by atoms with E-state index in [0.29, 0.717) is 5.56 Å². The molecule has 1 amide bonds. The molecule has 2 aliphatic rings. The lowest BCUT2D eigenvalue weighted by atomic mass is 10.1. The normalized spacial score (nSPS) is 18.4. The molecule has 152 valence electrons. The SMILES string of the molecule is C[C@H](C(=O)Nc1sc2c(c1C#N)CCCCC2)N1CCN(c2ccccn2)CC1. The van der Waals surface area contributed by atoms with Crippen molar-refractivity contribution < 1.29 is 4.79 Å². The highest BCUT2D eigenvalue weighted by Gasteiger charge is 2.28. The van der Waals surface area contributed by atoms with Gasteiger partial charge in [-0.15, -0.1) is 11.3 Å². The van der Waals surface area contributed by atoms with Gasteiger partial charge in [-0.05, 0) is 50.3 Å². The van der Waals surface area contributed by atoms with E-state index < -0.39 is 0 Å². The zero-order chi connectivity index (χ0) is 20.2. The Morgan fingerprint density at radius 3 is 2.72 bits per heavy atom. The first-order chi connectivity index (χ1) is 14.2. The molecular formula is C22H27N5OS. The van der Waals surface area contributed by atoms with Crippen molar-refractivity contribution >= 4 is 28.1 Å². The molecule has 1 N–H and O–H groups in total. The average Bonchev–Trinajstić information content (AvgIpc) is 2.92. The van der Waals surface area contributed by atoms with Gasteiger partial charge in [-0.1, -0.05) is 12.5 Å². The molecule has 1 fully saturated rings. The number of thiophene rings is 1. The number of rotatable bonds is 4. The quantitative estimate of drug-likeness (QED) is 0.784. The van der Waals surface area contributed by atoms with Crippen LogP contribution in [-0.4, -0.2) is 48.0 Å². The van der Waals surface area contributed by atoms with Gasteiger partial charge in [-0.25, -0.2) is 4.98 Å². The summed E-state index contributed by atoms with van der Waals surface area (Å²) in [5, 5.41) is 13.5. The lowest BCUT2D eigenvalue weighted by molar-refractivity contribution is -0.120. The van der Waals surface area contributed by atoms with Crippen molar-refractivity contribution in [1.82, 2.24) is 9.88 Å². The van der Waals surface area contributed by atoms with Crippen LogP contribution in [0.1, 0.15) is 42.2 Å². The highest BCUT2D eigenvalue weighted by Crippen LogP contribution is 2.37. The van der Waals surface area contributed by atoms with E-state index in [2.05, 4.69) is 26.2 Å².